The second-order valence-corrected chi connectivity index (χ2v) is 9.10. The van der Waals surface area contributed by atoms with Crippen LogP contribution < -0.4 is 0 Å². The summed E-state index contributed by atoms with van der Waals surface area (Å²) < 4.78 is 0. The molecule has 0 aromatic heterocycles. The van der Waals surface area contributed by atoms with Crippen LogP contribution in [0.2, 0.25) is 0 Å². The van der Waals surface area contributed by atoms with Crippen molar-refractivity contribution >= 4 is 11.9 Å². The van der Waals surface area contributed by atoms with Crippen LogP contribution in [0.1, 0.15) is 142 Å². The molecule has 4 nitrogen and oxygen atoms in total. The maximum atomic E-state index is 11.1. The summed E-state index contributed by atoms with van der Waals surface area (Å²) in [6.07, 6.45) is 29.0. The predicted octanol–water partition coefficient (Wildman–Crippen LogP) is 8.54. The van der Waals surface area contributed by atoms with Gasteiger partial charge in [-0.1, -0.05) is 128 Å². The minimum atomic E-state index is -0.942. The average Bonchev–Trinajstić information content (AvgIpc) is 2.73. The van der Waals surface area contributed by atoms with Gasteiger partial charge in [-0.25, -0.2) is 0 Å². The second-order valence-electron chi connectivity index (χ2n) is 9.10. The fourth-order valence-electron chi connectivity index (χ4n) is 4.01. The Morgan fingerprint density at radius 1 is 0.645 bits per heavy atom. The van der Waals surface area contributed by atoms with E-state index in [4.69, 9.17) is 10.2 Å². The molecule has 2 N–H and O–H groups in total. The van der Waals surface area contributed by atoms with Crippen molar-refractivity contribution in [2.45, 2.75) is 142 Å². The van der Waals surface area contributed by atoms with Crippen LogP contribution in [0.3, 0.4) is 0 Å². The molecular formula is C27H50O4. The van der Waals surface area contributed by atoms with Crippen LogP contribution >= 0.6 is 0 Å². The quantitative estimate of drug-likeness (QED) is 0.117. The number of aliphatic carboxylic acids is 2. The van der Waals surface area contributed by atoms with Crippen LogP contribution in [-0.2, 0) is 9.59 Å². The lowest BCUT2D eigenvalue weighted by molar-refractivity contribution is -0.141. The highest BCUT2D eigenvalue weighted by Crippen LogP contribution is 2.15. The Morgan fingerprint density at radius 2 is 1.03 bits per heavy atom. The van der Waals surface area contributed by atoms with Crippen LogP contribution in [0.5, 0.6) is 0 Å². The van der Waals surface area contributed by atoms with Gasteiger partial charge in [-0.3, -0.25) is 9.59 Å². The van der Waals surface area contributed by atoms with Gasteiger partial charge in [0.2, 0.25) is 0 Å². The molecule has 0 aliphatic carbocycles. The number of hydrogen-bond acceptors (Lipinski definition) is 2. The Labute approximate surface area is 191 Å². The lowest BCUT2D eigenvalue weighted by atomic mass is 10.0. The number of carbonyl (C=O) groups is 2. The maximum absolute atomic E-state index is 11.1. The molecule has 0 amide bonds. The molecular weight excluding hydrogens is 388 g/mol. The van der Waals surface area contributed by atoms with E-state index in [0.717, 1.165) is 12.8 Å². The molecule has 0 aliphatic heterocycles. The molecule has 0 rings (SSSR count). The molecule has 0 bridgehead atoms. The Bertz CT molecular complexity index is 445. The van der Waals surface area contributed by atoms with Gasteiger partial charge in [0.1, 0.15) is 0 Å². The first-order valence-corrected chi connectivity index (χ1v) is 13.2. The summed E-state index contributed by atoms with van der Waals surface area (Å²) in [5.74, 6) is -2.55. The van der Waals surface area contributed by atoms with Gasteiger partial charge in [-0.15, -0.1) is 0 Å². The summed E-state index contributed by atoms with van der Waals surface area (Å²) >= 11 is 0. The highest BCUT2D eigenvalue weighted by Gasteiger charge is 2.14. The zero-order valence-corrected chi connectivity index (χ0v) is 20.3. The van der Waals surface area contributed by atoms with Crippen LogP contribution in [0.25, 0.3) is 0 Å². The second kappa shape index (κ2) is 23.3. The van der Waals surface area contributed by atoms with Crippen molar-refractivity contribution in [2.24, 2.45) is 5.92 Å². The van der Waals surface area contributed by atoms with Gasteiger partial charge in [0.05, 0.1) is 5.92 Å². The fraction of sp³-hybridized carbons (Fsp3) is 0.852. The molecule has 0 spiro atoms. The fourth-order valence-corrected chi connectivity index (χ4v) is 4.01. The number of allylic oxidation sites excluding steroid dienone is 1. The SMILES string of the molecule is CCCCCCCCCCCCCCCCCCCC/C=C/C(CCC(=O)O)C(=O)O. The van der Waals surface area contributed by atoms with Crippen molar-refractivity contribution in [1.82, 2.24) is 0 Å². The summed E-state index contributed by atoms with van der Waals surface area (Å²) in [4.78, 5) is 21.7. The molecule has 0 saturated heterocycles. The van der Waals surface area contributed by atoms with E-state index in [-0.39, 0.29) is 12.8 Å². The Kier molecular flexibility index (Phi) is 22.4. The third kappa shape index (κ3) is 23.2. The van der Waals surface area contributed by atoms with E-state index in [2.05, 4.69) is 6.92 Å². The van der Waals surface area contributed by atoms with Crippen molar-refractivity contribution in [3.8, 4) is 0 Å². The summed E-state index contributed by atoms with van der Waals surface area (Å²) in [5.41, 5.74) is 0. The van der Waals surface area contributed by atoms with Crippen LogP contribution in [0.15, 0.2) is 12.2 Å². The first kappa shape index (κ1) is 29.7. The molecule has 0 fully saturated rings. The standard InChI is InChI=1S/C27H50O4/c1-2-3-4-5-6-7-8-9-10-11-12-13-14-15-16-17-18-19-20-21-22-25(27(30)31)23-24-26(28)29/h21-22,25H,2-20,23-24H2,1H3,(H,28,29)(H,30,31)/b22-21+. The Hall–Kier alpha value is -1.32. The van der Waals surface area contributed by atoms with Crippen LogP contribution in [0, 0.1) is 5.92 Å². The van der Waals surface area contributed by atoms with Crippen molar-refractivity contribution in [2.75, 3.05) is 0 Å². The normalized spacial score (nSPS) is 12.4. The van der Waals surface area contributed by atoms with Gasteiger partial charge in [0.15, 0.2) is 0 Å². The summed E-state index contributed by atoms with van der Waals surface area (Å²) in [6.45, 7) is 2.28. The van der Waals surface area contributed by atoms with Crippen LogP contribution in [-0.4, -0.2) is 22.2 Å². The van der Waals surface area contributed by atoms with Gasteiger partial charge in [-0.2, -0.15) is 0 Å². The molecule has 1 unspecified atom stereocenters. The van der Waals surface area contributed by atoms with Gasteiger partial charge < -0.3 is 10.2 Å². The molecule has 0 aromatic rings. The highest BCUT2D eigenvalue weighted by atomic mass is 16.4. The number of carboxylic acid groups (broad SMARTS) is 2. The van der Waals surface area contributed by atoms with Gasteiger partial charge in [-0.05, 0) is 19.3 Å². The Morgan fingerprint density at radius 3 is 1.39 bits per heavy atom. The minimum Gasteiger partial charge on any atom is -0.481 e. The largest absolute Gasteiger partial charge is 0.481 e. The zero-order chi connectivity index (χ0) is 23.0. The first-order chi connectivity index (χ1) is 15.1. The molecule has 0 heterocycles. The van der Waals surface area contributed by atoms with E-state index in [9.17, 15) is 9.59 Å². The molecule has 0 saturated carbocycles. The molecule has 0 aliphatic rings. The van der Waals surface area contributed by atoms with E-state index >= 15 is 0 Å². The van der Waals surface area contributed by atoms with E-state index in [1.54, 1.807) is 6.08 Å². The lowest BCUT2D eigenvalue weighted by Gasteiger charge is -2.05. The van der Waals surface area contributed by atoms with E-state index in [1.807, 2.05) is 6.08 Å². The number of carboxylic acids is 2. The topological polar surface area (TPSA) is 74.6 Å². The molecule has 0 aromatic carbocycles. The van der Waals surface area contributed by atoms with Crippen molar-refractivity contribution < 1.29 is 19.8 Å². The third-order valence-electron chi connectivity index (χ3n) is 6.08. The van der Waals surface area contributed by atoms with Gasteiger partial charge in [0.25, 0.3) is 0 Å². The van der Waals surface area contributed by atoms with Crippen molar-refractivity contribution in [3.05, 3.63) is 12.2 Å². The average molecular weight is 439 g/mol. The summed E-state index contributed by atoms with van der Waals surface area (Å²) in [7, 11) is 0. The van der Waals surface area contributed by atoms with Gasteiger partial charge in [0, 0.05) is 6.42 Å². The zero-order valence-electron chi connectivity index (χ0n) is 20.3. The van der Waals surface area contributed by atoms with E-state index < -0.39 is 17.9 Å². The smallest absolute Gasteiger partial charge is 0.310 e. The highest BCUT2D eigenvalue weighted by molar-refractivity contribution is 5.73. The first-order valence-electron chi connectivity index (χ1n) is 13.2. The van der Waals surface area contributed by atoms with E-state index in [1.165, 1.54) is 109 Å². The lowest BCUT2D eigenvalue weighted by Crippen LogP contribution is -2.12. The molecule has 1 atom stereocenters. The van der Waals surface area contributed by atoms with Crippen LogP contribution in [0.4, 0.5) is 0 Å². The maximum Gasteiger partial charge on any atom is 0.310 e. The number of hydrogen-bond donors (Lipinski definition) is 2. The van der Waals surface area contributed by atoms with Crippen molar-refractivity contribution in [3.63, 3.8) is 0 Å². The van der Waals surface area contributed by atoms with Crippen molar-refractivity contribution in [1.29, 1.82) is 0 Å². The van der Waals surface area contributed by atoms with Gasteiger partial charge >= 0.3 is 11.9 Å². The molecule has 4 heteroatoms. The third-order valence-corrected chi connectivity index (χ3v) is 6.08. The number of rotatable bonds is 24. The predicted molar refractivity (Wildman–Crippen MR) is 131 cm³/mol. The number of unbranched alkanes of at least 4 members (excludes halogenated alkanes) is 18. The Balaban J connectivity index is 3.32. The molecule has 182 valence electrons. The van der Waals surface area contributed by atoms with E-state index in [0.29, 0.717) is 0 Å². The minimum absolute atomic E-state index is 0.0967. The molecule has 0 radical (unpaired) electrons. The molecule has 31 heavy (non-hydrogen) atoms. The summed E-state index contributed by atoms with van der Waals surface area (Å²) in [6, 6.07) is 0. The summed E-state index contributed by atoms with van der Waals surface area (Å²) in [5, 5.41) is 17.8. The monoisotopic (exact) mass is 438 g/mol.